The Morgan fingerprint density at radius 1 is 1.45 bits per heavy atom. The Morgan fingerprint density at radius 2 is 2.14 bits per heavy atom. The van der Waals surface area contributed by atoms with Gasteiger partial charge in [-0.1, -0.05) is 29.3 Å². The highest BCUT2D eigenvalue weighted by atomic mass is 35.5. The van der Waals surface area contributed by atoms with E-state index in [1.54, 1.807) is 18.2 Å². The molecule has 0 fully saturated rings. The van der Waals surface area contributed by atoms with Gasteiger partial charge in [-0.3, -0.25) is 4.79 Å². The SMILES string of the molecule is CC(N)CCC(=O)NCC(O)COc1cccc(Cl)c1Cl.Cl. The highest BCUT2D eigenvalue weighted by Crippen LogP contribution is 2.31. The second-order valence-corrected chi connectivity index (χ2v) is 5.62. The van der Waals surface area contributed by atoms with Crippen LogP contribution in [0.4, 0.5) is 0 Å². The molecule has 0 aliphatic carbocycles. The highest BCUT2D eigenvalue weighted by Gasteiger charge is 2.11. The number of aliphatic hydroxyl groups excluding tert-OH is 1. The molecule has 2 unspecified atom stereocenters. The number of nitrogens with one attached hydrogen (secondary N) is 1. The molecule has 22 heavy (non-hydrogen) atoms. The molecule has 0 saturated carbocycles. The summed E-state index contributed by atoms with van der Waals surface area (Å²) in [6, 6.07) is 4.98. The zero-order valence-electron chi connectivity index (χ0n) is 12.2. The first-order valence-electron chi connectivity index (χ1n) is 6.67. The maximum absolute atomic E-state index is 11.5. The van der Waals surface area contributed by atoms with Crippen molar-refractivity contribution in [3.8, 4) is 5.75 Å². The van der Waals surface area contributed by atoms with Crippen LogP contribution in [0, 0.1) is 0 Å². The fourth-order valence-electron chi connectivity index (χ4n) is 1.52. The summed E-state index contributed by atoms with van der Waals surface area (Å²) in [5.41, 5.74) is 5.56. The normalized spacial score (nSPS) is 13.0. The monoisotopic (exact) mass is 370 g/mol. The van der Waals surface area contributed by atoms with Crippen molar-refractivity contribution in [2.45, 2.75) is 31.9 Å². The molecule has 5 nitrogen and oxygen atoms in total. The minimum atomic E-state index is -0.834. The summed E-state index contributed by atoms with van der Waals surface area (Å²) in [5.74, 6) is 0.249. The second-order valence-electron chi connectivity index (χ2n) is 4.84. The van der Waals surface area contributed by atoms with Crippen LogP contribution in [0.15, 0.2) is 18.2 Å². The fraction of sp³-hybridized carbons (Fsp3) is 0.500. The van der Waals surface area contributed by atoms with E-state index in [1.807, 2.05) is 6.92 Å². The summed E-state index contributed by atoms with van der Waals surface area (Å²) < 4.78 is 5.37. The van der Waals surface area contributed by atoms with Gasteiger partial charge in [0.15, 0.2) is 0 Å². The van der Waals surface area contributed by atoms with Crippen molar-refractivity contribution in [1.29, 1.82) is 0 Å². The predicted octanol–water partition coefficient (Wildman–Crippen LogP) is 2.40. The summed E-state index contributed by atoms with van der Waals surface area (Å²) in [7, 11) is 0. The predicted molar refractivity (Wildman–Crippen MR) is 91.1 cm³/mol. The Balaban J connectivity index is 0.00000441. The number of hydrogen-bond donors (Lipinski definition) is 3. The van der Waals surface area contributed by atoms with E-state index in [0.717, 1.165) is 0 Å². The molecule has 126 valence electrons. The Kier molecular flexibility index (Phi) is 10.6. The Bertz CT molecular complexity index is 473. The van der Waals surface area contributed by atoms with Crippen LogP contribution in [0.2, 0.25) is 10.0 Å². The first kappa shape index (κ1) is 21.3. The summed E-state index contributed by atoms with van der Waals surface area (Å²) in [4.78, 5) is 11.5. The molecule has 0 saturated heterocycles. The van der Waals surface area contributed by atoms with Crippen LogP contribution >= 0.6 is 35.6 Å². The van der Waals surface area contributed by atoms with Crippen LogP contribution in [0.5, 0.6) is 5.75 Å². The lowest BCUT2D eigenvalue weighted by Crippen LogP contribution is -2.35. The lowest BCUT2D eigenvalue weighted by Gasteiger charge is -2.14. The standard InChI is InChI=1S/C14H20Cl2N2O3.ClH/c1-9(17)5-6-13(20)18-7-10(19)8-21-12-4-2-3-11(15)14(12)16;/h2-4,9-10,19H,5-8,17H2,1H3,(H,18,20);1H. The van der Waals surface area contributed by atoms with Gasteiger partial charge in [0.1, 0.15) is 23.5 Å². The Labute approximate surface area is 146 Å². The number of aliphatic hydroxyl groups is 1. The number of carbonyl (C=O) groups excluding carboxylic acids is 1. The lowest BCUT2D eigenvalue weighted by molar-refractivity contribution is -0.121. The molecule has 0 aliphatic rings. The fourth-order valence-corrected chi connectivity index (χ4v) is 1.87. The topological polar surface area (TPSA) is 84.6 Å². The summed E-state index contributed by atoms with van der Waals surface area (Å²) in [6.45, 7) is 1.95. The van der Waals surface area contributed by atoms with Crippen molar-refractivity contribution < 1.29 is 14.6 Å². The number of amides is 1. The Morgan fingerprint density at radius 3 is 2.77 bits per heavy atom. The number of hydrogen-bond acceptors (Lipinski definition) is 4. The molecule has 0 aliphatic heterocycles. The van der Waals surface area contributed by atoms with E-state index in [9.17, 15) is 9.90 Å². The largest absolute Gasteiger partial charge is 0.489 e. The van der Waals surface area contributed by atoms with Crippen LogP contribution in [-0.2, 0) is 4.79 Å². The van der Waals surface area contributed by atoms with E-state index in [0.29, 0.717) is 28.6 Å². The lowest BCUT2D eigenvalue weighted by atomic mass is 10.2. The number of carbonyl (C=O) groups is 1. The average molecular weight is 372 g/mol. The van der Waals surface area contributed by atoms with Crippen LogP contribution in [0.25, 0.3) is 0 Å². The van der Waals surface area contributed by atoms with Gasteiger partial charge in [0.25, 0.3) is 0 Å². The van der Waals surface area contributed by atoms with Crippen molar-refractivity contribution in [2.24, 2.45) is 5.73 Å². The molecular formula is C14H21Cl3N2O3. The van der Waals surface area contributed by atoms with E-state index in [4.69, 9.17) is 33.7 Å². The zero-order valence-corrected chi connectivity index (χ0v) is 14.5. The minimum absolute atomic E-state index is 0. The van der Waals surface area contributed by atoms with Gasteiger partial charge >= 0.3 is 0 Å². The van der Waals surface area contributed by atoms with E-state index in [-0.39, 0.29) is 37.5 Å². The van der Waals surface area contributed by atoms with Crippen molar-refractivity contribution in [3.63, 3.8) is 0 Å². The molecule has 0 bridgehead atoms. The molecule has 4 N–H and O–H groups in total. The van der Waals surface area contributed by atoms with Crippen LogP contribution in [0.1, 0.15) is 19.8 Å². The summed E-state index contributed by atoms with van der Waals surface area (Å²) >= 11 is 11.8. The number of ether oxygens (including phenoxy) is 1. The van der Waals surface area contributed by atoms with Crippen LogP contribution < -0.4 is 15.8 Å². The zero-order chi connectivity index (χ0) is 15.8. The van der Waals surface area contributed by atoms with Crippen molar-refractivity contribution >= 4 is 41.5 Å². The van der Waals surface area contributed by atoms with Gasteiger partial charge < -0.3 is 20.9 Å². The third-order valence-corrected chi connectivity index (χ3v) is 3.51. The van der Waals surface area contributed by atoms with Crippen LogP contribution in [0.3, 0.4) is 0 Å². The van der Waals surface area contributed by atoms with Crippen molar-refractivity contribution in [2.75, 3.05) is 13.2 Å². The maximum atomic E-state index is 11.5. The molecule has 1 rings (SSSR count). The van der Waals surface area contributed by atoms with E-state index >= 15 is 0 Å². The van der Waals surface area contributed by atoms with E-state index in [1.165, 1.54) is 0 Å². The van der Waals surface area contributed by atoms with Crippen molar-refractivity contribution in [1.82, 2.24) is 5.32 Å². The molecule has 0 spiro atoms. The van der Waals surface area contributed by atoms with Gasteiger partial charge in [-0.25, -0.2) is 0 Å². The number of halogens is 3. The van der Waals surface area contributed by atoms with Gasteiger partial charge in [0, 0.05) is 19.0 Å². The molecule has 1 amide bonds. The third-order valence-electron chi connectivity index (χ3n) is 2.71. The molecular weight excluding hydrogens is 351 g/mol. The quantitative estimate of drug-likeness (QED) is 0.655. The minimum Gasteiger partial charge on any atom is -0.489 e. The molecule has 8 heteroatoms. The van der Waals surface area contributed by atoms with Gasteiger partial charge in [0.05, 0.1) is 5.02 Å². The second kappa shape index (κ2) is 10.9. The van der Waals surface area contributed by atoms with Crippen molar-refractivity contribution in [3.05, 3.63) is 28.2 Å². The van der Waals surface area contributed by atoms with Gasteiger partial charge in [0.2, 0.25) is 5.91 Å². The molecule has 0 aromatic heterocycles. The summed E-state index contributed by atoms with van der Waals surface area (Å²) in [6.07, 6.45) is 0.112. The molecule has 2 atom stereocenters. The smallest absolute Gasteiger partial charge is 0.220 e. The molecule has 1 aromatic carbocycles. The average Bonchev–Trinajstić information content (AvgIpc) is 2.44. The van der Waals surface area contributed by atoms with Gasteiger partial charge in [-0.15, -0.1) is 12.4 Å². The third kappa shape index (κ3) is 8.06. The first-order valence-corrected chi connectivity index (χ1v) is 7.43. The Hall–Kier alpha value is -0.720. The molecule has 1 aromatic rings. The summed E-state index contributed by atoms with van der Waals surface area (Å²) in [5, 5.41) is 13.1. The first-order chi connectivity index (χ1) is 9.90. The van der Waals surface area contributed by atoms with E-state index in [2.05, 4.69) is 5.32 Å². The number of nitrogens with two attached hydrogens (primary N) is 1. The van der Waals surface area contributed by atoms with Gasteiger partial charge in [-0.05, 0) is 25.5 Å². The van der Waals surface area contributed by atoms with Gasteiger partial charge in [-0.2, -0.15) is 0 Å². The molecule has 0 radical (unpaired) electrons. The maximum Gasteiger partial charge on any atom is 0.220 e. The number of rotatable bonds is 8. The number of benzene rings is 1. The van der Waals surface area contributed by atoms with Crippen LogP contribution in [-0.4, -0.2) is 36.3 Å². The van der Waals surface area contributed by atoms with E-state index < -0.39 is 6.10 Å². The highest BCUT2D eigenvalue weighted by molar-refractivity contribution is 6.42. The molecule has 0 heterocycles.